The first-order valence-electron chi connectivity index (χ1n) is 3.83. The van der Waals surface area contributed by atoms with Crippen molar-refractivity contribution in [1.29, 1.82) is 0 Å². The second-order valence-corrected chi connectivity index (χ2v) is 2.66. The highest BCUT2D eigenvalue weighted by Gasteiger charge is 2.04. The van der Waals surface area contributed by atoms with Crippen molar-refractivity contribution in [3.63, 3.8) is 0 Å². The lowest BCUT2D eigenvalue weighted by Gasteiger charge is -1.96. The summed E-state index contributed by atoms with van der Waals surface area (Å²) in [7, 11) is 0. The summed E-state index contributed by atoms with van der Waals surface area (Å²) in [6.07, 6.45) is 0. The molecule has 1 aromatic heterocycles. The van der Waals surface area contributed by atoms with Gasteiger partial charge in [-0.05, 0) is 12.1 Å². The summed E-state index contributed by atoms with van der Waals surface area (Å²) < 4.78 is 0. The number of imidazole rings is 1. The van der Waals surface area contributed by atoms with E-state index in [9.17, 15) is 0 Å². The van der Waals surface area contributed by atoms with Crippen LogP contribution >= 0.6 is 0 Å². The van der Waals surface area contributed by atoms with Gasteiger partial charge in [-0.2, -0.15) is 0 Å². The summed E-state index contributed by atoms with van der Waals surface area (Å²) in [5.41, 5.74) is 3.97. The second-order valence-electron chi connectivity index (χ2n) is 2.66. The maximum Gasteiger partial charge on any atom is 0.133 e. The predicted molar refractivity (Wildman–Crippen MR) is 47.4 cm³/mol. The molecule has 2 aromatic rings. The number of anilines is 1. The first-order chi connectivity index (χ1) is 6.35. The van der Waals surface area contributed by atoms with Crippen LogP contribution in [0.3, 0.4) is 0 Å². The van der Waals surface area contributed by atoms with Crippen molar-refractivity contribution < 1.29 is 10.3 Å². The van der Waals surface area contributed by atoms with Gasteiger partial charge in [0.15, 0.2) is 0 Å². The smallest absolute Gasteiger partial charge is 0.133 e. The number of fused-ring (bicyclic) bond motifs is 1. The number of rotatable bonds is 2. The molecular weight excluding hydrogens is 170 g/mol. The van der Waals surface area contributed by atoms with Gasteiger partial charge in [0.05, 0.1) is 11.2 Å². The van der Waals surface area contributed by atoms with Crippen LogP contribution in [-0.2, 0) is 6.61 Å². The second kappa shape index (κ2) is 3.04. The van der Waals surface area contributed by atoms with E-state index in [0.29, 0.717) is 17.0 Å². The fourth-order valence-electron chi connectivity index (χ4n) is 1.25. The van der Waals surface area contributed by atoms with Crippen LogP contribution in [0.4, 0.5) is 5.69 Å². The van der Waals surface area contributed by atoms with Crippen LogP contribution in [0.1, 0.15) is 5.82 Å². The average Bonchev–Trinajstić information content (AvgIpc) is 2.59. The normalized spacial score (nSPS) is 10.6. The van der Waals surface area contributed by atoms with Crippen LogP contribution in [0, 0.1) is 0 Å². The van der Waals surface area contributed by atoms with Gasteiger partial charge >= 0.3 is 0 Å². The minimum atomic E-state index is -0.139. The molecule has 0 radical (unpaired) electrons. The average molecular weight is 179 g/mol. The number of aliphatic hydroxyl groups is 1. The van der Waals surface area contributed by atoms with Gasteiger partial charge in [0.1, 0.15) is 17.9 Å². The van der Waals surface area contributed by atoms with E-state index in [2.05, 4.69) is 9.97 Å². The SMILES string of the molecule is OCc1nc2c(NO)cccc2[nH]1. The fourth-order valence-corrected chi connectivity index (χ4v) is 1.25. The maximum atomic E-state index is 8.83. The lowest BCUT2D eigenvalue weighted by atomic mass is 10.3. The molecule has 13 heavy (non-hydrogen) atoms. The zero-order valence-electron chi connectivity index (χ0n) is 6.78. The molecule has 0 fully saturated rings. The molecule has 0 bridgehead atoms. The summed E-state index contributed by atoms with van der Waals surface area (Å²) in [6, 6.07) is 5.30. The molecule has 4 N–H and O–H groups in total. The predicted octanol–water partition coefficient (Wildman–Crippen LogP) is 0.856. The van der Waals surface area contributed by atoms with E-state index in [4.69, 9.17) is 10.3 Å². The third kappa shape index (κ3) is 1.24. The lowest BCUT2D eigenvalue weighted by Crippen LogP contribution is -1.89. The van der Waals surface area contributed by atoms with Crippen LogP contribution in [-0.4, -0.2) is 20.3 Å². The molecule has 0 aliphatic rings. The molecule has 5 heteroatoms. The third-order valence-corrected chi connectivity index (χ3v) is 1.83. The third-order valence-electron chi connectivity index (χ3n) is 1.83. The Morgan fingerprint density at radius 2 is 2.31 bits per heavy atom. The van der Waals surface area contributed by atoms with E-state index >= 15 is 0 Å². The van der Waals surface area contributed by atoms with E-state index in [0.717, 1.165) is 5.52 Å². The Morgan fingerprint density at radius 3 is 3.00 bits per heavy atom. The Labute approximate surface area is 74.0 Å². The number of benzene rings is 1. The number of para-hydroxylation sites is 1. The lowest BCUT2D eigenvalue weighted by molar-refractivity contribution is 0.273. The van der Waals surface area contributed by atoms with Gasteiger partial charge in [-0.1, -0.05) is 6.07 Å². The molecule has 0 saturated carbocycles. The highest BCUT2D eigenvalue weighted by atomic mass is 16.5. The van der Waals surface area contributed by atoms with E-state index in [1.807, 2.05) is 11.5 Å². The molecule has 0 unspecified atom stereocenters. The minimum Gasteiger partial charge on any atom is -0.388 e. The monoisotopic (exact) mass is 179 g/mol. The van der Waals surface area contributed by atoms with E-state index in [1.165, 1.54) is 0 Å². The number of aliphatic hydroxyl groups excluding tert-OH is 1. The van der Waals surface area contributed by atoms with Crippen molar-refractivity contribution in [1.82, 2.24) is 9.97 Å². The summed E-state index contributed by atoms with van der Waals surface area (Å²) in [5.74, 6) is 0.484. The summed E-state index contributed by atoms with van der Waals surface area (Å²) in [6.45, 7) is -0.139. The number of hydrogen-bond acceptors (Lipinski definition) is 4. The molecule has 2 rings (SSSR count). The first kappa shape index (κ1) is 8.03. The number of hydrogen-bond donors (Lipinski definition) is 4. The molecule has 0 aliphatic carbocycles. The van der Waals surface area contributed by atoms with Crippen LogP contribution < -0.4 is 5.48 Å². The van der Waals surface area contributed by atoms with E-state index in [1.54, 1.807) is 12.1 Å². The number of H-pyrrole nitrogens is 1. The number of aromatic amines is 1. The van der Waals surface area contributed by atoms with Gasteiger partial charge in [-0.15, -0.1) is 0 Å². The van der Waals surface area contributed by atoms with Crippen LogP contribution in [0.25, 0.3) is 11.0 Å². The molecule has 1 aromatic carbocycles. The van der Waals surface area contributed by atoms with Crippen LogP contribution in [0.15, 0.2) is 18.2 Å². The fraction of sp³-hybridized carbons (Fsp3) is 0.125. The maximum absolute atomic E-state index is 8.83. The Morgan fingerprint density at radius 1 is 1.46 bits per heavy atom. The van der Waals surface area contributed by atoms with E-state index in [-0.39, 0.29) is 6.61 Å². The Hall–Kier alpha value is -1.59. The van der Waals surface area contributed by atoms with E-state index < -0.39 is 0 Å². The van der Waals surface area contributed by atoms with Crippen molar-refractivity contribution in [3.8, 4) is 0 Å². The Bertz CT molecular complexity index is 424. The standard InChI is InChI=1S/C8H9N3O2/c12-4-7-9-5-2-1-3-6(11-13)8(5)10-7/h1-3,11-13H,4H2,(H,9,10). The number of nitrogens with one attached hydrogen (secondary N) is 2. The molecule has 0 atom stereocenters. The highest BCUT2D eigenvalue weighted by molar-refractivity contribution is 5.87. The quantitative estimate of drug-likeness (QED) is 0.515. The number of aromatic nitrogens is 2. The zero-order valence-corrected chi connectivity index (χ0v) is 6.78. The van der Waals surface area contributed by atoms with Crippen molar-refractivity contribution in [2.45, 2.75) is 6.61 Å². The Kier molecular flexibility index (Phi) is 1.88. The van der Waals surface area contributed by atoms with Crippen LogP contribution in [0.5, 0.6) is 0 Å². The first-order valence-corrected chi connectivity index (χ1v) is 3.83. The molecule has 5 nitrogen and oxygen atoms in total. The molecule has 0 aliphatic heterocycles. The molecule has 68 valence electrons. The molecule has 1 heterocycles. The molecule has 0 amide bonds. The number of nitrogens with zero attached hydrogens (tertiary/aromatic N) is 1. The van der Waals surface area contributed by atoms with Gasteiger partial charge in [0.25, 0.3) is 0 Å². The van der Waals surface area contributed by atoms with Gasteiger partial charge in [-0.25, -0.2) is 4.98 Å². The van der Waals surface area contributed by atoms with Crippen LogP contribution in [0.2, 0.25) is 0 Å². The topological polar surface area (TPSA) is 81.2 Å². The molecular formula is C8H9N3O2. The van der Waals surface area contributed by atoms with Crippen molar-refractivity contribution in [2.24, 2.45) is 0 Å². The van der Waals surface area contributed by atoms with Gasteiger partial charge in [0.2, 0.25) is 0 Å². The molecule has 0 saturated heterocycles. The van der Waals surface area contributed by atoms with Crippen molar-refractivity contribution >= 4 is 16.7 Å². The highest BCUT2D eigenvalue weighted by Crippen LogP contribution is 2.20. The summed E-state index contributed by atoms with van der Waals surface area (Å²) >= 11 is 0. The van der Waals surface area contributed by atoms with Crippen molar-refractivity contribution in [2.75, 3.05) is 5.48 Å². The van der Waals surface area contributed by atoms with Gasteiger partial charge in [-0.3, -0.25) is 10.7 Å². The zero-order chi connectivity index (χ0) is 9.26. The van der Waals surface area contributed by atoms with Gasteiger partial charge < -0.3 is 10.1 Å². The Balaban J connectivity index is 2.67. The minimum absolute atomic E-state index is 0.139. The van der Waals surface area contributed by atoms with Crippen molar-refractivity contribution in [3.05, 3.63) is 24.0 Å². The largest absolute Gasteiger partial charge is 0.388 e. The summed E-state index contributed by atoms with van der Waals surface area (Å²) in [4.78, 5) is 6.98. The van der Waals surface area contributed by atoms with Gasteiger partial charge in [0, 0.05) is 0 Å². The summed E-state index contributed by atoms with van der Waals surface area (Å²) in [5, 5.41) is 17.6. The molecule has 0 spiro atoms.